The van der Waals surface area contributed by atoms with Gasteiger partial charge in [-0.1, -0.05) is 84.9 Å². The third-order valence-corrected chi connectivity index (χ3v) is 9.17. The Balaban J connectivity index is -0.000000249. The summed E-state index contributed by atoms with van der Waals surface area (Å²) in [6.45, 7) is 13.6. The average Bonchev–Trinajstić information content (AvgIpc) is 3.25. The van der Waals surface area contributed by atoms with Gasteiger partial charge in [0.25, 0.3) is 0 Å². The summed E-state index contributed by atoms with van der Waals surface area (Å²) in [5.74, 6) is -5.60. The smallest absolute Gasteiger partial charge is 0.322 e. The molecule has 0 aliphatic heterocycles. The third kappa shape index (κ3) is 35.0. The van der Waals surface area contributed by atoms with Crippen LogP contribution >= 0.6 is 0 Å². The molecule has 3 aromatic rings. The minimum absolute atomic E-state index is 0. The molecule has 0 saturated carbocycles. The fourth-order valence-electron chi connectivity index (χ4n) is 5.04. The molecule has 0 bridgehead atoms. The summed E-state index contributed by atoms with van der Waals surface area (Å²) in [5, 5.41) is 17.4. The molecule has 0 fully saturated rings. The molecule has 0 saturated heterocycles. The molecule has 6 atom stereocenters. The van der Waals surface area contributed by atoms with Crippen molar-refractivity contribution in [1.82, 2.24) is 0 Å². The van der Waals surface area contributed by atoms with Gasteiger partial charge in [0.1, 0.15) is 35.1 Å². The molecule has 3 aromatic carbocycles. The van der Waals surface area contributed by atoms with Gasteiger partial charge in [-0.2, -0.15) is 0 Å². The Bertz CT molecular complexity index is 1870. The summed E-state index contributed by atoms with van der Waals surface area (Å²) in [6.07, 6.45) is 1.71. The van der Waals surface area contributed by atoms with E-state index < -0.39 is 35.7 Å². The summed E-state index contributed by atoms with van der Waals surface area (Å²) in [7, 11) is 4.01. The van der Waals surface area contributed by atoms with Gasteiger partial charge < -0.3 is 30.2 Å². The number of carbonyl (C=O) groups is 7. The number of hydrogen-bond acceptors (Lipinski definition) is 11. The van der Waals surface area contributed by atoms with E-state index in [4.69, 9.17) is 15.9 Å². The second-order valence-electron chi connectivity index (χ2n) is 15.5. The molecule has 4 N–H and O–H groups in total. The van der Waals surface area contributed by atoms with Crippen molar-refractivity contribution in [3.63, 3.8) is 0 Å². The molecule has 0 spiro atoms. The van der Waals surface area contributed by atoms with Crippen LogP contribution in [0.1, 0.15) is 84.9 Å². The summed E-state index contributed by atoms with van der Waals surface area (Å²) < 4.78 is 51.2. The first-order valence-corrected chi connectivity index (χ1v) is 20.5. The van der Waals surface area contributed by atoms with Crippen LogP contribution in [0.25, 0.3) is 0 Å². The van der Waals surface area contributed by atoms with Crippen LogP contribution in [0.15, 0.2) is 72.8 Å². The molecule has 67 heavy (non-hydrogen) atoms. The zero-order valence-corrected chi connectivity index (χ0v) is 48.7. The van der Waals surface area contributed by atoms with Gasteiger partial charge in [-0.25, -0.2) is 13.2 Å². The Morgan fingerprint density at radius 3 is 0.925 bits per heavy atom. The zero-order chi connectivity index (χ0) is 49.7. The van der Waals surface area contributed by atoms with E-state index in [0.29, 0.717) is 19.3 Å². The van der Waals surface area contributed by atoms with Crippen LogP contribution in [0.2, 0.25) is 0 Å². The Hall–Kier alpha value is -3.84. The van der Waals surface area contributed by atoms with Crippen molar-refractivity contribution < 1.29 is 134 Å². The maximum absolute atomic E-state index is 12.8. The van der Waals surface area contributed by atoms with E-state index in [-0.39, 0.29) is 141 Å². The summed E-state index contributed by atoms with van der Waals surface area (Å²) in [4.78, 5) is 76.6. The zero-order valence-electron chi connectivity index (χ0n) is 39.9. The first kappa shape index (κ1) is 72.2. The van der Waals surface area contributed by atoms with Crippen LogP contribution in [-0.2, 0) is 130 Å². The maximum atomic E-state index is 12.8. The normalized spacial score (nSPS) is 12.4. The number of nitrogens with two attached hydrogens (primary N) is 1. The number of benzene rings is 3. The molecule has 3 unspecified atom stereocenters. The van der Waals surface area contributed by atoms with Gasteiger partial charge in [-0.3, -0.25) is 33.6 Å². The van der Waals surface area contributed by atoms with Gasteiger partial charge >= 0.3 is 29.8 Å². The van der Waals surface area contributed by atoms with Gasteiger partial charge in [0.15, 0.2) is 0 Å². The number of esters is 3. The molecular formula is C48H66F3NO12W3. The molecule has 3 rings (SSSR count). The number of carbonyl (C=O) groups excluding carboxylic acids is 5. The van der Waals surface area contributed by atoms with Crippen LogP contribution < -0.4 is 5.73 Å². The van der Waals surface area contributed by atoms with Gasteiger partial charge in [-0.15, -0.1) is 0 Å². The SMILES string of the molecule is CC(Cc1ccc(F)cc1)C(=O)C[C@@H](C)C(=O)O.CC(Cc1ccc(F)cc1)C(=O)O.COC(=O)C(C)C.COC(=O)[C@H](C)CC(=O)C(C)Cc1ccc(F)cc1.COC(=O)[C@H](C)N.[W].[W].[W]. The summed E-state index contributed by atoms with van der Waals surface area (Å²) in [5.41, 5.74) is 7.70. The number of rotatable bonds is 17. The van der Waals surface area contributed by atoms with Crippen LogP contribution in [0, 0.1) is 53.0 Å². The maximum Gasteiger partial charge on any atom is 0.322 e. The number of ether oxygens (including phenoxy) is 3. The number of hydrogen-bond donors (Lipinski definition) is 3. The second-order valence-corrected chi connectivity index (χ2v) is 15.5. The Morgan fingerprint density at radius 1 is 0.448 bits per heavy atom. The predicted molar refractivity (Wildman–Crippen MR) is 235 cm³/mol. The predicted octanol–water partition coefficient (Wildman–Crippen LogP) is 7.86. The quantitative estimate of drug-likeness (QED) is 0.0869. The van der Waals surface area contributed by atoms with Crippen molar-refractivity contribution in [3.05, 3.63) is 107 Å². The number of methoxy groups -OCH3 is 3. The van der Waals surface area contributed by atoms with Gasteiger partial charge in [0.05, 0.1) is 45.0 Å². The van der Waals surface area contributed by atoms with E-state index in [9.17, 15) is 46.7 Å². The fourth-order valence-corrected chi connectivity index (χ4v) is 5.04. The van der Waals surface area contributed by atoms with Crippen molar-refractivity contribution in [1.29, 1.82) is 0 Å². The molecule has 19 heteroatoms. The Labute approximate surface area is 436 Å². The van der Waals surface area contributed by atoms with Crippen LogP contribution in [0.5, 0.6) is 0 Å². The molecule has 0 aliphatic carbocycles. The molecular weight excluding hydrogens is 1390 g/mol. The first-order valence-electron chi connectivity index (χ1n) is 20.5. The first-order chi connectivity index (χ1) is 29.8. The number of carboxylic acid groups (broad SMARTS) is 2. The Morgan fingerprint density at radius 2 is 0.716 bits per heavy atom. The van der Waals surface area contributed by atoms with Crippen molar-refractivity contribution in [2.24, 2.45) is 41.2 Å². The molecule has 0 aliphatic rings. The van der Waals surface area contributed by atoms with E-state index in [1.54, 1.807) is 77.9 Å². The van der Waals surface area contributed by atoms with Crippen molar-refractivity contribution in [3.8, 4) is 0 Å². The molecule has 0 aromatic heterocycles. The van der Waals surface area contributed by atoms with E-state index >= 15 is 0 Å². The number of aliphatic carboxylic acids is 2. The van der Waals surface area contributed by atoms with E-state index in [2.05, 4.69) is 14.2 Å². The Kier molecular flexibility index (Phi) is 43.2. The molecule has 0 amide bonds. The second kappa shape index (κ2) is 40.1. The van der Waals surface area contributed by atoms with Crippen molar-refractivity contribution >= 4 is 41.4 Å². The molecule has 13 nitrogen and oxygen atoms in total. The minimum atomic E-state index is -0.961. The minimum Gasteiger partial charge on any atom is -0.481 e. The molecule has 374 valence electrons. The van der Waals surface area contributed by atoms with E-state index in [1.165, 1.54) is 64.7 Å². The number of carboxylic acids is 2. The van der Waals surface area contributed by atoms with Gasteiger partial charge in [0.2, 0.25) is 0 Å². The molecule has 0 heterocycles. The van der Waals surface area contributed by atoms with E-state index in [0.717, 1.165) is 16.7 Å². The van der Waals surface area contributed by atoms with E-state index in [1.807, 2.05) is 6.92 Å². The number of Topliss-reactive ketones (excluding diaryl/α,β-unsaturated/α-hetero) is 2. The van der Waals surface area contributed by atoms with Gasteiger partial charge in [-0.05, 0) is 79.3 Å². The standard InChI is InChI=1S/C15H19FO3.C14H17FO3.C10H11FO2.C5H10O2.C4H9NO2.3W/c1-10(8-12-4-6-13(16)7-5-12)14(17)9-11(2)15(18)19-3;1-9(13(16)8-10(2)14(17)18)7-11-3-5-12(15)6-4-11;1-7(10(12)13)6-8-2-4-9(11)5-3-8;1-4(2)5(6)7-3;1-3(5)4(6)7-2;;;/h4-7,10-11H,8-9H2,1-3H3;3-6,9-10H,7-8H2,1-2H3,(H,17,18);2-5,7H,6H2,1H3,(H,12,13);4H,1-3H3;3H,5H2,1-2H3;;;/t10?,11-;9?,10-;;;3-;;;/m11..0.../s1. The van der Waals surface area contributed by atoms with Crippen molar-refractivity contribution in [2.75, 3.05) is 21.3 Å². The average molecular weight is 1460 g/mol. The molecule has 0 radical (unpaired) electrons. The summed E-state index contributed by atoms with van der Waals surface area (Å²) >= 11 is 0. The topological polar surface area (TPSA) is 214 Å². The summed E-state index contributed by atoms with van der Waals surface area (Å²) in [6, 6.07) is 17.5. The van der Waals surface area contributed by atoms with Gasteiger partial charge in [0, 0.05) is 87.9 Å². The van der Waals surface area contributed by atoms with Crippen LogP contribution in [0.4, 0.5) is 13.2 Å². The number of ketones is 2. The number of halogens is 3. The largest absolute Gasteiger partial charge is 0.481 e. The third-order valence-electron chi connectivity index (χ3n) is 9.17. The fraction of sp³-hybridized carbons (Fsp3) is 0.479. The monoisotopic (exact) mass is 1460 g/mol. The van der Waals surface area contributed by atoms with Crippen LogP contribution in [-0.4, -0.2) is 79.0 Å². The van der Waals surface area contributed by atoms with Crippen molar-refractivity contribution in [2.45, 2.75) is 93.5 Å². The van der Waals surface area contributed by atoms with Crippen LogP contribution in [0.3, 0.4) is 0 Å².